The highest BCUT2D eigenvalue weighted by molar-refractivity contribution is 6.32. The van der Waals surface area contributed by atoms with E-state index in [1.165, 1.54) is 0 Å². The van der Waals surface area contributed by atoms with Crippen LogP contribution in [0.2, 0.25) is 5.02 Å². The second-order valence-corrected chi connectivity index (χ2v) is 7.52. The Labute approximate surface area is 161 Å². The number of piperidine rings is 2. The van der Waals surface area contributed by atoms with E-state index in [1.54, 1.807) is 0 Å². The number of carbonyl (C=O) groups is 1. The molecular weight excluding hydrogens is 359 g/mol. The molecule has 1 aromatic carbocycles. The zero-order valence-corrected chi connectivity index (χ0v) is 16.3. The molecule has 1 unspecified atom stereocenters. The van der Waals surface area contributed by atoms with Gasteiger partial charge in [-0.1, -0.05) is 23.7 Å². The monoisotopic (exact) mass is 386 g/mol. The maximum Gasteiger partial charge on any atom is 0.225 e. The van der Waals surface area contributed by atoms with Crippen LogP contribution in [0.3, 0.4) is 0 Å². The van der Waals surface area contributed by atoms with Crippen molar-refractivity contribution in [3.8, 4) is 5.75 Å². The van der Waals surface area contributed by atoms with E-state index in [4.69, 9.17) is 16.3 Å². The van der Waals surface area contributed by atoms with E-state index in [-0.39, 0.29) is 18.3 Å². The summed E-state index contributed by atoms with van der Waals surface area (Å²) in [6.07, 6.45) is 4.08. The van der Waals surface area contributed by atoms with E-state index >= 15 is 0 Å². The molecule has 0 spiro atoms. The highest BCUT2D eigenvalue weighted by atomic mass is 35.5. The van der Waals surface area contributed by atoms with Crippen molar-refractivity contribution in [1.29, 1.82) is 0 Å². The number of hydrogen-bond donors (Lipinski definition) is 1. The molecule has 0 aromatic heterocycles. The summed E-state index contributed by atoms with van der Waals surface area (Å²) in [6, 6.07) is 8.00. The number of amides is 1. The molecule has 2 heterocycles. The summed E-state index contributed by atoms with van der Waals surface area (Å²) in [5.41, 5.74) is 0. The Bertz CT molecular complexity index is 570. The van der Waals surface area contributed by atoms with Gasteiger partial charge in [0, 0.05) is 31.0 Å². The fraction of sp³-hybridized carbons (Fsp3) is 0.632. The van der Waals surface area contributed by atoms with Gasteiger partial charge in [0.05, 0.1) is 11.6 Å². The molecule has 0 radical (unpaired) electrons. The number of ether oxygens (including phenoxy) is 1. The first-order chi connectivity index (χ1) is 11.6. The van der Waals surface area contributed by atoms with Gasteiger partial charge in [-0.25, -0.2) is 0 Å². The number of benzene rings is 1. The lowest BCUT2D eigenvalue weighted by molar-refractivity contribution is -0.138. The molecule has 1 N–H and O–H groups in total. The molecule has 6 heteroatoms. The van der Waals surface area contributed by atoms with Gasteiger partial charge in [0.25, 0.3) is 0 Å². The average molecular weight is 387 g/mol. The lowest BCUT2D eigenvalue weighted by Crippen LogP contribution is -2.48. The van der Waals surface area contributed by atoms with Crippen LogP contribution in [0.5, 0.6) is 5.75 Å². The van der Waals surface area contributed by atoms with Crippen molar-refractivity contribution >= 4 is 29.9 Å². The summed E-state index contributed by atoms with van der Waals surface area (Å²) in [6.45, 7) is 5.43. The van der Waals surface area contributed by atoms with Crippen LogP contribution < -0.4 is 10.1 Å². The van der Waals surface area contributed by atoms with Gasteiger partial charge in [-0.3, -0.25) is 4.79 Å². The maximum atomic E-state index is 12.8. The minimum atomic E-state index is 0. The van der Waals surface area contributed by atoms with E-state index in [2.05, 4.69) is 17.1 Å². The molecule has 4 nitrogen and oxygen atoms in total. The minimum Gasteiger partial charge on any atom is -0.492 e. The third-order valence-corrected chi connectivity index (χ3v) is 5.43. The van der Waals surface area contributed by atoms with Gasteiger partial charge in [-0.15, -0.1) is 12.4 Å². The van der Waals surface area contributed by atoms with Crippen LogP contribution >= 0.6 is 24.0 Å². The first-order valence-electron chi connectivity index (χ1n) is 9.03. The summed E-state index contributed by atoms with van der Waals surface area (Å²) in [4.78, 5) is 14.9. The predicted octanol–water partition coefficient (Wildman–Crippen LogP) is 3.77. The van der Waals surface area contributed by atoms with Crippen LogP contribution in [0, 0.1) is 11.8 Å². The van der Waals surface area contributed by atoms with Crippen LogP contribution in [0.25, 0.3) is 0 Å². The third kappa shape index (κ3) is 5.50. The molecule has 2 aliphatic rings. The highest BCUT2D eigenvalue weighted by Gasteiger charge is 2.31. The van der Waals surface area contributed by atoms with Gasteiger partial charge >= 0.3 is 0 Å². The highest BCUT2D eigenvalue weighted by Crippen LogP contribution is 2.26. The van der Waals surface area contributed by atoms with Gasteiger partial charge in [0.15, 0.2) is 0 Å². The minimum absolute atomic E-state index is 0. The van der Waals surface area contributed by atoms with Crippen LogP contribution in [0.15, 0.2) is 24.3 Å². The Morgan fingerprint density at radius 2 is 2.16 bits per heavy atom. The second kappa shape index (κ2) is 9.65. The molecule has 3 rings (SSSR count). The van der Waals surface area contributed by atoms with Gasteiger partial charge in [0.2, 0.25) is 5.91 Å². The summed E-state index contributed by atoms with van der Waals surface area (Å²) in [7, 11) is 0. The lowest BCUT2D eigenvalue weighted by atomic mass is 9.90. The number of carbonyl (C=O) groups excluding carboxylic acids is 1. The topological polar surface area (TPSA) is 41.6 Å². The average Bonchev–Trinajstić information content (AvgIpc) is 2.61. The molecular formula is C19H28Cl2N2O2. The van der Waals surface area contributed by atoms with Crippen molar-refractivity contribution < 1.29 is 9.53 Å². The zero-order valence-electron chi connectivity index (χ0n) is 14.7. The quantitative estimate of drug-likeness (QED) is 0.855. The van der Waals surface area contributed by atoms with E-state index in [1.807, 2.05) is 24.3 Å². The zero-order chi connectivity index (χ0) is 16.9. The molecule has 2 saturated heterocycles. The van der Waals surface area contributed by atoms with Gasteiger partial charge in [0.1, 0.15) is 5.75 Å². The van der Waals surface area contributed by atoms with Crippen molar-refractivity contribution in [2.75, 3.05) is 26.2 Å². The number of nitrogens with one attached hydrogen (secondary N) is 1. The van der Waals surface area contributed by atoms with Gasteiger partial charge < -0.3 is 15.0 Å². The number of hydrogen-bond acceptors (Lipinski definition) is 3. The Morgan fingerprint density at radius 3 is 2.92 bits per heavy atom. The molecule has 3 atom stereocenters. The Balaban J connectivity index is 0.00000225. The largest absolute Gasteiger partial charge is 0.492 e. The van der Waals surface area contributed by atoms with Crippen molar-refractivity contribution in [2.45, 2.75) is 38.6 Å². The predicted molar refractivity (Wildman–Crippen MR) is 104 cm³/mol. The van der Waals surface area contributed by atoms with Crippen LogP contribution in [-0.4, -0.2) is 43.1 Å². The normalized spacial score (nSPS) is 26.6. The molecule has 0 aliphatic carbocycles. The maximum absolute atomic E-state index is 12.8. The van der Waals surface area contributed by atoms with Gasteiger partial charge in [-0.05, 0) is 51.3 Å². The van der Waals surface area contributed by atoms with Gasteiger partial charge in [-0.2, -0.15) is 0 Å². The lowest BCUT2D eigenvalue weighted by Gasteiger charge is -2.37. The molecule has 1 aromatic rings. The number of rotatable bonds is 4. The summed E-state index contributed by atoms with van der Waals surface area (Å²) >= 11 is 6.14. The third-order valence-electron chi connectivity index (χ3n) is 5.11. The fourth-order valence-electron chi connectivity index (χ4n) is 3.79. The summed E-state index contributed by atoms with van der Waals surface area (Å²) < 4.78 is 5.89. The van der Waals surface area contributed by atoms with Crippen molar-refractivity contribution in [2.24, 2.45) is 11.8 Å². The molecule has 2 aliphatic heterocycles. The van der Waals surface area contributed by atoms with Crippen molar-refractivity contribution in [3.05, 3.63) is 29.3 Å². The van der Waals surface area contributed by atoms with Crippen LogP contribution in [0.1, 0.15) is 32.6 Å². The molecule has 0 saturated carbocycles. The van der Waals surface area contributed by atoms with E-state index in [0.29, 0.717) is 29.5 Å². The van der Waals surface area contributed by atoms with E-state index in [0.717, 1.165) is 51.1 Å². The number of likely N-dealkylation sites (tertiary alicyclic amines) is 1. The smallest absolute Gasteiger partial charge is 0.225 e. The molecule has 0 bridgehead atoms. The summed E-state index contributed by atoms with van der Waals surface area (Å²) in [5, 5.41) is 4.06. The molecule has 1 amide bonds. The van der Waals surface area contributed by atoms with Crippen LogP contribution in [0.4, 0.5) is 0 Å². The fourth-order valence-corrected chi connectivity index (χ4v) is 3.98. The molecule has 140 valence electrons. The number of halogens is 2. The first kappa shape index (κ1) is 20.3. The Hall–Kier alpha value is -0.970. The SMILES string of the molecule is C[C@H]1C[C@@H](C(=O)N2CCCC(COc3ccccc3Cl)C2)CCN1.Cl. The first-order valence-corrected chi connectivity index (χ1v) is 9.41. The van der Waals surface area contributed by atoms with Crippen molar-refractivity contribution in [1.82, 2.24) is 10.2 Å². The van der Waals surface area contributed by atoms with Crippen LogP contribution in [-0.2, 0) is 4.79 Å². The van der Waals surface area contributed by atoms with Crippen molar-refractivity contribution in [3.63, 3.8) is 0 Å². The Kier molecular flexibility index (Phi) is 7.85. The standard InChI is InChI=1S/C19H27ClN2O2.ClH/c1-14-11-16(8-9-21-14)19(23)22-10-4-5-15(12-22)13-24-18-7-3-2-6-17(18)20;/h2-3,6-7,14-16,21H,4-5,8-13H2,1H3;1H/t14-,15?,16-;/m0./s1. The Morgan fingerprint density at radius 1 is 1.36 bits per heavy atom. The summed E-state index contributed by atoms with van der Waals surface area (Å²) in [5.74, 6) is 1.64. The van der Waals surface area contributed by atoms with E-state index < -0.39 is 0 Å². The number of para-hydroxylation sites is 1. The second-order valence-electron chi connectivity index (χ2n) is 7.11. The molecule has 25 heavy (non-hydrogen) atoms. The van der Waals surface area contributed by atoms with E-state index in [9.17, 15) is 4.79 Å². The number of nitrogens with zero attached hydrogens (tertiary/aromatic N) is 1. The molecule has 2 fully saturated rings.